The molecular weight excluding hydrogens is 265 g/mol. The van der Waals surface area contributed by atoms with E-state index in [0.29, 0.717) is 22.0 Å². The number of benzene rings is 1. The normalized spacial score (nSPS) is 12.4. The number of rotatable bonds is 0. The molecule has 104 valence electrons. The fraction of sp³-hybridized carbons (Fsp3) is 0.333. The van der Waals surface area contributed by atoms with Crippen molar-refractivity contribution in [3.8, 4) is 6.07 Å². The molecule has 0 aliphatic carbocycles. The average Bonchev–Trinajstić information content (AvgIpc) is 2.34. The molecule has 0 spiro atoms. The first-order chi connectivity index (χ1) is 9.14. The van der Waals surface area contributed by atoms with E-state index in [4.69, 9.17) is 5.26 Å². The third kappa shape index (κ3) is 2.46. The summed E-state index contributed by atoms with van der Waals surface area (Å²) in [6, 6.07) is 5.43. The maximum absolute atomic E-state index is 12.8. The Bertz CT molecular complexity index is 704. The summed E-state index contributed by atoms with van der Waals surface area (Å²) in [5.74, 6) is 0. The number of hydrogen-bond donors (Lipinski definition) is 0. The van der Waals surface area contributed by atoms with Crippen molar-refractivity contribution in [3.05, 3.63) is 41.1 Å². The van der Waals surface area contributed by atoms with Gasteiger partial charge in [0.2, 0.25) is 0 Å². The van der Waals surface area contributed by atoms with E-state index in [1.165, 1.54) is 12.3 Å². The van der Waals surface area contributed by atoms with Gasteiger partial charge in [-0.1, -0.05) is 20.8 Å². The molecule has 0 aliphatic rings. The van der Waals surface area contributed by atoms with Gasteiger partial charge in [0.25, 0.3) is 0 Å². The summed E-state index contributed by atoms with van der Waals surface area (Å²) >= 11 is 0. The minimum absolute atomic E-state index is 0.310. The lowest BCUT2D eigenvalue weighted by Gasteiger charge is -2.23. The highest BCUT2D eigenvalue weighted by Crippen LogP contribution is 2.36. The first-order valence-corrected chi connectivity index (χ1v) is 6.05. The summed E-state index contributed by atoms with van der Waals surface area (Å²) in [6.07, 6.45) is -3.00. The molecule has 0 bridgehead atoms. The lowest BCUT2D eigenvalue weighted by Crippen LogP contribution is -2.15. The van der Waals surface area contributed by atoms with Gasteiger partial charge in [-0.3, -0.25) is 4.98 Å². The molecule has 5 heteroatoms. The fourth-order valence-corrected chi connectivity index (χ4v) is 2.26. The molecule has 2 aromatic rings. The van der Waals surface area contributed by atoms with Gasteiger partial charge in [-0.2, -0.15) is 18.4 Å². The monoisotopic (exact) mass is 278 g/mol. The zero-order chi connectivity index (χ0) is 15.1. The number of nitriles is 1. The van der Waals surface area contributed by atoms with Gasteiger partial charge in [-0.05, 0) is 29.2 Å². The van der Waals surface area contributed by atoms with Crippen LogP contribution < -0.4 is 0 Å². The van der Waals surface area contributed by atoms with Crippen LogP contribution in [0.15, 0.2) is 24.4 Å². The van der Waals surface area contributed by atoms with E-state index < -0.39 is 17.2 Å². The van der Waals surface area contributed by atoms with Gasteiger partial charge >= 0.3 is 6.18 Å². The summed E-state index contributed by atoms with van der Waals surface area (Å²) in [5, 5.41) is 9.54. The first kappa shape index (κ1) is 14.3. The van der Waals surface area contributed by atoms with Crippen LogP contribution in [-0.4, -0.2) is 4.98 Å². The molecule has 0 N–H and O–H groups in total. The second kappa shape index (κ2) is 4.48. The zero-order valence-electron chi connectivity index (χ0n) is 11.3. The van der Waals surface area contributed by atoms with E-state index in [9.17, 15) is 13.2 Å². The van der Waals surface area contributed by atoms with Crippen LogP contribution >= 0.6 is 0 Å². The van der Waals surface area contributed by atoms with Crippen molar-refractivity contribution in [1.29, 1.82) is 5.26 Å². The van der Waals surface area contributed by atoms with Crippen LogP contribution in [-0.2, 0) is 11.6 Å². The molecule has 1 heterocycles. The van der Waals surface area contributed by atoms with E-state index in [0.717, 1.165) is 12.1 Å². The molecule has 0 aliphatic heterocycles. The third-order valence-corrected chi connectivity index (χ3v) is 3.07. The molecular formula is C15H13F3N2. The van der Waals surface area contributed by atoms with Gasteiger partial charge < -0.3 is 0 Å². The highest BCUT2D eigenvalue weighted by Gasteiger charge is 2.31. The van der Waals surface area contributed by atoms with E-state index in [1.54, 1.807) is 0 Å². The second-order valence-electron chi connectivity index (χ2n) is 5.64. The first-order valence-electron chi connectivity index (χ1n) is 6.05. The van der Waals surface area contributed by atoms with Gasteiger partial charge in [-0.25, -0.2) is 0 Å². The van der Waals surface area contributed by atoms with Crippen molar-refractivity contribution >= 4 is 10.9 Å². The molecule has 0 amide bonds. The van der Waals surface area contributed by atoms with Crippen LogP contribution in [0.1, 0.15) is 37.5 Å². The van der Waals surface area contributed by atoms with E-state index in [1.807, 2.05) is 26.8 Å². The van der Waals surface area contributed by atoms with Gasteiger partial charge in [0, 0.05) is 11.6 Å². The molecule has 0 radical (unpaired) electrons. The van der Waals surface area contributed by atoms with Crippen molar-refractivity contribution in [2.75, 3.05) is 0 Å². The standard InChI is InChI=1S/C15H13F3N2/c1-14(2,3)13-9(7-19)8-20-12-5-4-10(6-11(12)13)15(16,17)18/h4-6,8H,1-3H3. The molecule has 2 rings (SSSR count). The fourth-order valence-electron chi connectivity index (χ4n) is 2.26. The SMILES string of the molecule is CC(C)(C)c1c(C#N)cnc2ccc(C(F)(F)F)cc12. The maximum atomic E-state index is 12.8. The van der Waals surface area contributed by atoms with Crippen LogP contribution in [0.25, 0.3) is 10.9 Å². The molecule has 0 fully saturated rings. The second-order valence-corrected chi connectivity index (χ2v) is 5.64. The van der Waals surface area contributed by atoms with Gasteiger partial charge in [0.15, 0.2) is 0 Å². The maximum Gasteiger partial charge on any atom is 0.416 e. The van der Waals surface area contributed by atoms with Crippen molar-refractivity contribution in [2.45, 2.75) is 32.4 Å². The molecule has 0 saturated carbocycles. The van der Waals surface area contributed by atoms with Crippen molar-refractivity contribution in [1.82, 2.24) is 4.98 Å². The highest BCUT2D eigenvalue weighted by atomic mass is 19.4. The Morgan fingerprint density at radius 3 is 2.30 bits per heavy atom. The van der Waals surface area contributed by atoms with E-state index in [2.05, 4.69) is 4.98 Å². The Morgan fingerprint density at radius 1 is 1.15 bits per heavy atom. The van der Waals surface area contributed by atoms with E-state index >= 15 is 0 Å². The Balaban J connectivity index is 2.88. The number of hydrogen-bond acceptors (Lipinski definition) is 2. The predicted molar refractivity (Wildman–Crippen MR) is 70.2 cm³/mol. The Hall–Kier alpha value is -2.09. The Kier molecular flexibility index (Phi) is 3.21. The highest BCUT2D eigenvalue weighted by molar-refractivity contribution is 5.85. The van der Waals surface area contributed by atoms with Crippen LogP contribution in [0.4, 0.5) is 13.2 Å². The Labute approximate surface area is 114 Å². The van der Waals surface area contributed by atoms with Crippen LogP contribution in [0, 0.1) is 11.3 Å². The molecule has 20 heavy (non-hydrogen) atoms. The topological polar surface area (TPSA) is 36.7 Å². The number of halogens is 3. The molecule has 2 nitrogen and oxygen atoms in total. The molecule has 0 atom stereocenters. The summed E-state index contributed by atoms with van der Waals surface area (Å²) < 4.78 is 38.5. The lowest BCUT2D eigenvalue weighted by atomic mass is 9.82. The summed E-state index contributed by atoms with van der Waals surface area (Å²) in [7, 11) is 0. The number of nitrogens with zero attached hydrogens (tertiary/aromatic N) is 2. The predicted octanol–water partition coefficient (Wildman–Crippen LogP) is 4.42. The van der Waals surface area contributed by atoms with Gasteiger partial charge in [0.1, 0.15) is 6.07 Å². The number of pyridine rings is 1. The minimum atomic E-state index is -4.41. The largest absolute Gasteiger partial charge is 0.416 e. The average molecular weight is 278 g/mol. The molecule has 0 unspecified atom stereocenters. The smallest absolute Gasteiger partial charge is 0.255 e. The summed E-state index contributed by atoms with van der Waals surface area (Å²) in [4.78, 5) is 4.06. The van der Waals surface area contributed by atoms with Gasteiger partial charge in [-0.15, -0.1) is 0 Å². The van der Waals surface area contributed by atoms with Crippen molar-refractivity contribution in [3.63, 3.8) is 0 Å². The summed E-state index contributed by atoms with van der Waals surface area (Å²) in [6.45, 7) is 5.59. The molecule has 1 aromatic heterocycles. The van der Waals surface area contributed by atoms with Crippen molar-refractivity contribution < 1.29 is 13.2 Å². The van der Waals surface area contributed by atoms with E-state index in [-0.39, 0.29) is 0 Å². The number of fused-ring (bicyclic) bond motifs is 1. The molecule has 0 saturated heterocycles. The van der Waals surface area contributed by atoms with Crippen LogP contribution in [0.3, 0.4) is 0 Å². The van der Waals surface area contributed by atoms with Gasteiger partial charge in [0.05, 0.1) is 16.6 Å². The lowest BCUT2D eigenvalue weighted by molar-refractivity contribution is -0.137. The van der Waals surface area contributed by atoms with Crippen LogP contribution in [0.2, 0.25) is 0 Å². The summed E-state index contributed by atoms with van der Waals surface area (Å²) in [5.41, 5.74) is 0.186. The molecule has 1 aromatic carbocycles. The number of aromatic nitrogens is 1. The number of alkyl halides is 3. The third-order valence-electron chi connectivity index (χ3n) is 3.07. The van der Waals surface area contributed by atoms with Crippen LogP contribution in [0.5, 0.6) is 0 Å². The minimum Gasteiger partial charge on any atom is -0.255 e. The van der Waals surface area contributed by atoms with Crippen molar-refractivity contribution in [2.24, 2.45) is 0 Å². The zero-order valence-corrected chi connectivity index (χ0v) is 11.3. The quantitative estimate of drug-likeness (QED) is 0.715. The Morgan fingerprint density at radius 2 is 1.80 bits per heavy atom.